The number of benzene rings is 2. The molecule has 0 aliphatic rings. The van der Waals surface area contributed by atoms with E-state index in [1.165, 1.54) is 30.2 Å². The van der Waals surface area contributed by atoms with Crippen LogP contribution in [0.1, 0.15) is 20.7 Å². The zero-order valence-corrected chi connectivity index (χ0v) is 19.0. The Kier molecular flexibility index (Phi) is 5.63. The van der Waals surface area contributed by atoms with E-state index in [1.807, 2.05) is 29.3 Å². The van der Waals surface area contributed by atoms with E-state index >= 15 is 0 Å². The first kappa shape index (κ1) is 22.1. The zero-order valence-electron chi connectivity index (χ0n) is 19.0. The molecule has 33 heavy (non-hydrogen) atoms. The van der Waals surface area contributed by atoms with Gasteiger partial charge in [0.2, 0.25) is 0 Å². The number of ether oxygens (including phenoxy) is 1. The largest absolute Gasteiger partial charge is 0.494 e. The molecular formula is C24H24FN5O3. The van der Waals surface area contributed by atoms with Crippen LogP contribution in [0.25, 0.3) is 22.6 Å². The molecule has 0 aliphatic carbocycles. The highest BCUT2D eigenvalue weighted by Gasteiger charge is 2.26. The van der Waals surface area contributed by atoms with Crippen LogP contribution in [-0.4, -0.2) is 52.0 Å². The molecule has 170 valence electrons. The van der Waals surface area contributed by atoms with Crippen molar-refractivity contribution in [3.63, 3.8) is 0 Å². The minimum Gasteiger partial charge on any atom is -0.494 e. The van der Waals surface area contributed by atoms with Gasteiger partial charge in [0.05, 0.1) is 23.7 Å². The van der Waals surface area contributed by atoms with Crippen molar-refractivity contribution in [3.8, 4) is 17.3 Å². The summed E-state index contributed by atoms with van der Waals surface area (Å²) in [7, 11) is 8.59. The Morgan fingerprint density at radius 2 is 1.88 bits per heavy atom. The minimum atomic E-state index is -0.476. The van der Waals surface area contributed by atoms with Gasteiger partial charge in [-0.2, -0.15) is 0 Å². The lowest BCUT2D eigenvalue weighted by atomic mass is 10.2. The van der Waals surface area contributed by atoms with Crippen LogP contribution in [0.4, 0.5) is 10.1 Å². The average molecular weight is 449 g/mol. The number of methoxy groups -OCH3 is 1. The molecule has 0 radical (unpaired) electrons. The van der Waals surface area contributed by atoms with Gasteiger partial charge in [-0.3, -0.25) is 9.59 Å². The Morgan fingerprint density at radius 1 is 1.12 bits per heavy atom. The predicted molar refractivity (Wildman–Crippen MR) is 124 cm³/mol. The number of imidazole rings is 1. The number of aryl methyl sites for hydroxylation is 2. The Labute approximate surface area is 190 Å². The number of carbonyl (C=O) groups excluding carboxylic acids is 2. The van der Waals surface area contributed by atoms with E-state index in [2.05, 4.69) is 5.32 Å². The molecular weight excluding hydrogens is 425 g/mol. The monoisotopic (exact) mass is 449 g/mol. The number of hydrogen-bond donors (Lipinski definition) is 1. The first-order chi connectivity index (χ1) is 15.7. The van der Waals surface area contributed by atoms with E-state index in [0.29, 0.717) is 34.0 Å². The molecule has 1 N–H and O–H groups in total. The lowest BCUT2D eigenvalue weighted by molar-refractivity contribution is 0.0824. The van der Waals surface area contributed by atoms with Crippen LogP contribution in [0.5, 0.6) is 5.75 Å². The van der Waals surface area contributed by atoms with Crippen molar-refractivity contribution in [2.45, 2.75) is 0 Å². The van der Waals surface area contributed by atoms with Gasteiger partial charge in [0, 0.05) is 45.6 Å². The molecule has 0 aliphatic heterocycles. The van der Waals surface area contributed by atoms with E-state index in [4.69, 9.17) is 9.72 Å². The van der Waals surface area contributed by atoms with Crippen molar-refractivity contribution in [1.29, 1.82) is 0 Å². The third-order valence-corrected chi connectivity index (χ3v) is 5.41. The molecule has 2 amide bonds. The molecule has 0 unspecified atom stereocenters. The maximum absolute atomic E-state index is 13.4. The highest BCUT2D eigenvalue weighted by molar-refractivity contribution is 6.05. The van der Waals surface area contributed by atoms with E-state index in [-0.39, 0.29) is 11.5 Å². The van der Waals surface area contributed by atoms with Gasteiger partial charge in [-0.05, 0) is 36.4 Å². The van der Waals surface area contributed by atoms with E-state index < -0.39 is 11.7 Å². The fourth-order valence-corrected chi connectivity index (χ4v) is 3.79. The fraction of sp³-hybridized carbons (Fsp3) is 0.208. The molecule has 8 nitrogen and oxygen atoms in total. The predicted octanol–water partition coefficient (Wildman–Crippen LogP) is 3.68. The minimum absolute atomic E-state index is 0.171. The van der Waals surface area contributed by atoms with Crippen LogP contribution in [0.3, 0.4) is 0 Å². The first-order valence-electron chi connectivity index (χ1n) is 10.2. The van der Waals surface area contributed by atoms with Crippen molar-refractivity contribution in [2.24, 2.45) is 14.1 Å². The molecule has 0 saturated carbocycles. The number of nitrogens with one attached hydrogen (secondary N) is 1. The quantitative estimate of drug-likeness (QED) is 0.504. The van der Waals surface area contributed by atoms with Gasteiger partial charge in [-0.25, -0.2) is 9.37 Å². The summed E-state index contributed by atoms with van der Waals surface area (Å²) >= 11 is 0. The summed E-state index contributed by atoms with van der Waals surface area (Å²) in [5.74, 6) is -0.0168. The number of halogens is 1. The number of hydrogen-bond acceptors (Lipinski definition) is 4. The van der Waals surface area contributed by atoms with Gasteiger partial charge < -0.3 is 24.1 Å². The Bertz CT molecular complexity index is 1390. The van der Waals surface area contributed by atoms with Gasteiger partial charge in [0.15, 0.2) is 11.6 Å². The number of aromatic nitrogens is 3. The second-order valence-corrected chi connectivity index (χ2v) is 7.90. The van der Waals surface area contributed by atoms with Crippen molar-refractivity contribution >= 4 is 28.5 Å². The van der Waals surface area contributed by atoms with E-state index in [1.54, 1.807) is 38.5 Å². The highest BCUT2D eigenvalue weighted by atomic mass is 19.1. The van der Waals surface area contributed by atoms with Crippen LogP contribution in [0.2, 0.25) is 0 Å². The van der Waals surface area contributed by atoms with E-state index in [9.17, 15) is 14.0 Å². The summed E-state index contributed by atoms with van der Waals surface area (Å²) in [6.07, 6.45) is 1.72. The molecule has 0 spiro atoms. The Balaban J connectivity index is 1.74. The molecule has 2 aromatic heterocycles. The van der Waals surface area contributed by atoms with Crippen LogP contribution in [-0.2, 0) is 14.1 Å². The van der Waals surface area contributed by atoms with Gasteiger partial charge in [0.1, 0.15) is 11.5 Å². The molecule has 0 saturated heterocycles. The van der Waals surface area contributed by atoms with Crippen LogP contribution < -0.4 is 10.1 Å². The summed E-state index contributed by atoms with van der Waals surface area (Å²) < 4.78 is 22.8. The maximum atomic E-state index is 13.4. The third-order valence-electron chi connectivity index (χ3n) is 5.41. The molecule has 4 aromatic rings. The lowest BCUT2D eigenvalue weighted by Crippen LogP contribution is -2.21. The second kappa shape index (κ2) is 8.42. The van der Waals surface area contributed by atoms with Gasteiger partial charge >= 0.3 is 0 Å². The van der Waals surface area contributed by atoms with Crippen LogP contribution in [0, 0.1) is 5.82 Å². The van der Waals surface area contributed by atoms with Crippen molar-refractivity contribution in [3.05, 3.63) is 65.6 Å². The molecule has 2 heterocycles. The fourth-order valence-electron chi connectivity index (χ4n) is 3.79. The lowest BCUT2D eigenvalue weighted by Gasteiger charge is -2.11. The number of carbonyl (C=O) groups is 2. The third kappa shape index (κ3) is 3.93. The second-order valence-electron chi connectivity index (χ2n) is 7.90. The number of anilines is 1. The van der Waals surface area contributed by atoms with Gasteiger partial charge in [-0.15, -0.1) is 0 Å². The summed E-state index contributed by atoms with van der Waals surface area (Å²) in [6.45, 7) is 0. The Morgan fingerprint density at radius 3 is 2.55 bits per heavy atom. The normalized spacial score (nSPS) is 11.0. The topological polar surface area (TPSA) is 81.4 Å². The van der Waals surface area contributed by atoms with Crippen molar-refractivity contribution in [1.82, 2.24) is 19.0 Å². The smallest absolute Gasteiger partial charge is 0.258 e. The molecule has 0 atom stereocenters. The maximum Gasteiger partial charge on any atom is 0.258 e. The summed E-state index contributed by atoms with van der Waals surface area (Å²) in [5.41, 5.74) is 3.33. The molecule has 9 heteroatoms. The number of amides is 2. The zero-order chi connectivity index (χ0) is 23.9. The standard InChI is InChI=1S/C24H24FN5O3/c1-28(2)24(32)17-13-29(3)20(21(17)33-5)22-27-18-12-16(9-10-19(18)30(22)4)26-23(31)14-7-6-8-15(25)11-14/h6-13H,1-5H3,(H,26,31). The average Bonchev–Trinajstić information content (AvgIpc) is 3.28. The SMILES string of the molecule is COc1c(C(=O)N(C)C)cn(C)c1-c1nc2cc(NC(=O)c3cccc(F)c3)ccc2n1C. The summed E-state index contributed by atoms with van der Waals surface area (Å²) in [5, 5.41) is 2.78. The number of rotatable bonds is 5. The number of fused-ring (bicyclic) bond motifs is 1. The van der Waals surface area contributed by atoms with E-state index in [0.717, 1.165) is 5.52 Å². The molecule has 0 fully saturated rings. The summed E-state index contributed by atoms with van der Waals surface area (Å²) in [6, 6.07) is 10.8. The summed E-state index contributed by atoms with van der Waals surface area (Å²) in [4.78, 5) is 31.3. The number of nitrogens with zero attached hydrogens (tertiary/aromatic N) is 4. The Hall–Kier alpha value is -4.14. The van der Waals surface area contributed by atoms with Crippen LogP contribution in [0.15, 0.2) is 48.7 Å². The molecule has 4 rings (SSSR count). The van der Waals surface area contributed by atoms with Gasteiger partial charge in [-0.1, -0.05) is 6.07 Å². The van der Waals surface area contributed by atoms with Crippen molar-refractivity contribution < 1.29 is 18.7 Å². The van der Waals surface area contributed by atoms with Crippen LogP contribution >= 0.6 is 0 Å². The first-order valence-corrected chi connectivity index (χ1v) is 10.2. The highest BCUT2D eigenvalue weighted by Crippen LogP contribution is 2.36. The van der Waals surface area contributed by atoms with Crippen molar-refractivity contribution in [2.75, 3.05) is 26.5 Å². The molecule has 2 aromatic carbocycles. The molecule has 0 bridgehead atoms. The van der Waals surface area contributed by atoms with Gasteiger partial charge in [0.25, 0.3) is 11.8 Å².